The topological polar surface area (TPSA) is 83.8 Å². The molecule has 1 aromatic carbocycles. The third-order valence-corrected chi connectivity index (χ3v) is 8.50. The Hall–Kier alpha value is -2.04. The normalized spacial score (nSPS) is 33.8. The molecule has 0 aliphatic heterocycles. The van der Waals surface area contributed by atoms with E-state index in [-0.39, 0.29) is 29.0 Å². The fraction of sp³-hybridized carbons (Fsp3) is 0.680. The highest BCUT2D eigenvalue weighted by Crippen LogP contribution is 2.63. The number of benzene rings is 1. The van der Waals surface area contributed by atoms with Crippen molar-refractivity contribution in [2.45, 2.75) is 72.6 Å². The molecule has 2 N–H and O–H groups in total. The number of phenolic OH excluding ortho intramolecular Hbond substituents is 1. The number of fused-ring (bicyclic) bond motifs is 1. The average molecular weight is 417 g/mol. The number of carbonyl (C=O) groups is 2. The minimum absolute atomic E-state index is 0.0425. The highest BCUT2D eigenvalue weighted by atomic mass is 16.5. The van der Waals surface area contributed by atoms with Crippen molar-refractivity contribution in [3.8, 4) is 11.5 Å². The number of aryl methyl sites for hydroxylation is 1. The van der Waals surface area contributed by atoms with Crippen molar-refractivity contribution in [1.29, 1.82) is 0 Å². The SMILES string of the molecule is COc1cc(C)c(O)c(C[C@]2(C)[C@H]3CCC(=O)[C@@H](CCC(=O)O)[C@]3(C)CC[C@@H]2C)c1. The maximum atomic E-state index is 12.9. The first-order valence-electron chi connectivity index (χ1n) is 11.1. The van der Waals surface area contributed by atoms with Crippen molar-refractivity contribution in [3.05, 3.63) is 23.3 Å². The molecule has 2 aliphatic carbocycles. The first kappa shape index (κ1) is 22.6. The first-order valence-corrected chi connectivity index (χ1v) is 11.1. The van der Waals surface area contributed by atoms with Crippen LogP contribution < -0.4 is 4.74 Å². The second kappa shape index (κ2) is 8.24. The molecular formula is C25H36O5. The van der Waals surface area contributed by atoms with Gasteiger partial charge in [-0.25, -0.2) is 0 Å². The second-order valence-corrected chi connectivity index (χ2v) is 10.1. The summed E-state index contributed by atoms with van der Waals surface area (Å²) in [5.41, 5.74) is 1.41. The molecule has 30 heavy (non-hydrogen) atoms. The zero-order valence-electron chi connectivity index (χ0n) is 19.0. The van der Waals surface area contributed by atoms with Crippen LogP contribution in [0.1, 0.15) is 70.4 Å². The Morgan fingerprint density at radius 3 is 2.60 bits per heavy atom. The Bertz CT molecular complexity index is 831. The van der Waals surface area contributed by atoms with E-state index in [9.17, 15) is 19.8 Å². The van der Waals surface area contributed by atoms with Gasteiger partial charge < -0.3 is 14.9 Å². The molecule has 166 valence electrons. The average Bonchev–Trinajstić information content (AvgIpc) is 2.68. The lowest BCUT2D eigenvalue weighted by atomic mass is 9.44. The summed E-state index contributed by atoms with van der Waals surface area (Å²) >= 11 is 0. The van der Waals surface area contributed by atoms with Crippen molar-refractivity contribution in [2.75, 3.05) is 7.11 Å². The van der Waals surface area contributed by atoms with Gasteiger partial charge in [-0.15, -0.1) is 0 Å². The molecule has 0 saturated heterocycles. The number of Topliss-reactive ketones (excluding diaryl/α,β-unsaturated/α-hetero) is 1. The third kappa shape index (κ3) is 3.83. The van der Waals surface area contributed by atoms with E-state index in [1.807, 2.05) is 19.1 Å². The number of ether oxygens (including phenoxy) is 1. The number of hydrogen-bond acceptors (Lipinski definition) is 4. The van der Waals surface area contributed by atoms with Crippen molar-refractivity contribution in [1.82, 2.24) is 0 Å². The summed E-state index contributed by atoms with van der Waals surface area (Å²) in [5, 5.41) is 20.0. The lowest BCUT2D eigenvalue weighted by molar-refractivity contribution is -0.152. The highest BCUT2D eigenvalue weighted by molar-refractivity contribution is 5.83. The number of aromatic hydroxyl groups is 1. The van der Waals surface area contributed by atoms with Gasteiger partial charge in [0.25, 0.3) is 0 Å². The monoisotopic (exact) mass is 416 g/mol. The fourth-order valence-electron chi connectivity index (χ4n) is 6.57. The maximum Gasteiger partial charge on any atom is 0.303 e. The van der Waals surface area contributed by atoms with E-state index in [0.717, 1.165) is 42.6 Å². The summed E-state index contributed by atoms with van der Waals surface area (Å²) in [6.07, 6.45) is 4.51. The Balaban J connectivity index is 1.99. The van der Waals surface area contributed by atoms with Crippen LogP contribution in [0.3, 0.4) is 0 Å². The number of carboxylic acid groups (broad SMARTS) is 1. The molecule has 0 heterocycles. The van der Waals surface area contributed by atoms with Gasteiger partial charge in [-0.1, -0.05) is 20.8 Å². The number of phenols is 1. The molecule has 3 rings (SSSR count). The van der Waals surface area contributed by atoms with Crippen LogP contribution in [-0.2, 0) is 16.0 Å². The first-order chi connectivity index (χ1) is 14.0. The van der Waals surface area contributed by atoms with E-state index in [2.05, 4.69) is 20.8 Å². The zero-order valence-corrected chi connectivity index (χ0v) is 19.0. The molecule has 0 bridgehead atoms. The smallest absolute Gasteiger partial charge is 0.303 e. The lowest BCUT2D eigenvalue weighted by Crippen LogP contribution is -2.56. The second-order valence-electron chi connectivity index (χ2n) is 10.1. The quantitative estimate of drug-likeness (QED) is 0.670. The maximum absolute atomic E-state index is 12.9. The Morgan fingerprint density at radius 2 is 1.97 bits per heavy atom. The van der Waals surface area contributed by atoms with Gasteiger partial charge in [-0.3, -0.25) is 9.59 Å². The van der Waals surface area contributed by atoms with Crippen LogP contribution >= 0.6 is 0 Å². The van der Waals surface area contributed by atoms with E-state index in [1.165, 1.54) is 0 Å². The number of hydrogen-bond donors (Lipinski definition) is 2. The van der Waals surface area contributed by atoms with E-state index in [1.54, 1.807) is 7.11 Å². The van der Waals surface area contributed by atoms with Gasteiger partial charge in [-0.05, 0) is 85.0 Å². The lowest BCUT2D eigenvalue weighted by Gasteiger charge is -2.60. The largest absolute Gasteiger partial charge is 0.507 e. The minimum Gasteiger partial charge on any atom is -0.507 e. The van der Waals surface area contributed by atoms with E-state index in [4.69, 9.17) is 4.74 Å². The number of aliphatic carboxylic acids is 1. The number of methoxy groups -OCH3 is 1. The van der Waals surface area contributed by atoms with Crippen molar-refractivity contribution in [3.63, 3.8) is 0 Å². The number of carboxylic acids is 1. The molecule has 0 aromatic heterocycles. The molecular weight excluding hydrogens is 380 g/mol. The van der Waals surface area contributed by atoms with Crippen LogP contribution in [0.15, 0.2) is 12.1 Å². The molecule has 2 aliphatic rings. The molecule has 5 atom stereocenters. The van der Waals surface area contributed by atoms with Gasteiger partial charge in [0, 0.05) is 18.8 Å². The van der Waals surface area contributed by atoms with Gasteiger partial charge in [0.2, 0.25) is 0 Å². The standard InChI is InChI=1S/C25H36O5/c1-15-12-18(30-5)13-17(23(15)29)14-25(4)16(2)10-11-24(3)19(6-9-22(27)28)20(26)7-8-21(24)25/h12-13,16,19,21,29H,6-11,14H2,1-5H3,(H,27,28)/t16-,19+,21-,24-,25-/m0/s1. The number of carbonyl (C=O) groups excluding carboxylic acids is 1. The van der Waals surface area contributed by atoms with Crippen molar-refractivity contribution >= 4 is 11.8 Å². The molecule has 5 heteroatoms. The number of rotatable bonds is 6. The van der Waals surface area contributed by atoms with Gasteiger partial charge in [0.05, 0.1) is 7.11 Å². The third-order valence-electron chi connectivity index (χ3n) is 8.50. The van der Waals surface area contributed by atoms with E-state index in [0.29, 0.717) is 30.4 Å². The summed E-state index contributed by atoms with van der Waals surface area (Å²) in [4.78, 5) is 24.1. The van der Waals surface area contributed by atoms with Crippen LogP contribution in [0.4, 0.5) is 0 Å². The van der Waals surface area contributed by atoms with Gasteiger partial charge in [-0.2, -0.15) is 0 Å². The Labute approximate surface area is 179 Å². The molecule has 0 unspecified atom stereocenters. The molecule has 0 radical (unpaired) electrons. The fourth-order valence-corrected chi connectivity index (χ4v) is 6.57. The van der Waals surface area contributed by atoms with Gasteiger partial charge in [0.1, 0.15) is 17.3 Å². The zero-order chi connectivity index (χ0) is 22.3. The molecule has 5 nitrogen and oxygen atoms in total. The van der Waals surface area contributed by atoms with Crippen LogP contribution in [-0.4, -0.2) is 29.1 Å². The molecule has 0 spiro atoms. The summed E-state index contributed by atoms with van der Waals surface area (Å²) in [6.45, 7) is 8.69. The summed E-state index contributed by atoms with van der Waals surface area (Å²) < 4.78 is 5.44. The van der Waals surface area contributed by atoms with E-state index >= 15 is 0 Å². The van der Waals surface area contributed by atoms with Crippen molar-refractivity contribution < 1.29 is 24.5 Å². The van der Waals surface area contributed by atoms with Gasteiger partial charge in [0.15, 0.2) is 0 Å². The van der Waals surface area contributed by atoms with Crippen LogP contribution in [0.2, 0.25) is 0 Å². The summed E-state index contributed by atoms with van der Waals surface area (Å²) in [7, 11) is 1.64. The molecule has 2 fully saturated rings. The van der Waals surface area contributed by atoms with E-state index < -0.39 is 5.97 Å². The minimum atomic E-state index is -0.836. The molecule has 1 aromatic rings. The number of ketones is 1. The highest BCUT2D eigenvalue weighted by Gasteiger charge is 2.58. The Morgan fingerprint density at radius 1 is 1.27 bits per heavy atom. The van der Waals surface area contributed by atoms with Crippen molar-refractivity contribution in [2.24, 2.45) is 28.6 Å². The Kier molecular flexibility index (Phi) is 6.22. The molecule has 0 amide bonds. The van der Waals surface area contributed by atoms with Crippen LogP contribution in [0, 0.1) is 35.5 Å². The summed E-state index contributed by atoms with van der Waals surface area (Å²) in [5.74, 6) is 1.01. The van der Waals surface area contributed by atoms with Crippen LogP contribution in [0.25, 0.3) is 0 Å². The predicted molar refractivity (Wildman–Crippen MR) is 116 cm³/mol. The molecule has 2 saturated carbocycles. The predicted octanol–water partition coefficient (Wildman–Crippen LogP) is 5.15. The van der Waals surface area contributed by atoms with Gasteiger partial charge >= 0.3 is 5.97 Å². The van der Waals surface area contributed by atoms with Crippen LogP contribution in [0.5, 0.6) is 11.5 Å². The summed E-state index contributed by atoms with van der Waals surface area (Å²) in [6, 6.07) is 3.78.